The van der Waals surface area contributed by atoms with Gasteiger partial charge in [0.15, 0.2) is 0 Å². The summed E-state index contributed by atoms with van der Waals surface area (Å²) in [6, 6.07) is 12.0. The molecule has 0 spiro atoms. The minimum absolute atomic E-state index is 0.0784. The topological polar surface area (TPSA) is 117 Å². The van der Waals surface area contributed by atoms with Gasteiger partial charge in [0.25, 0.3) is 5.91 Å². The van der Waals surface area contributed by atoms with Crippen molar-refractivity contribution >= 4 is 45.6 Å². The van der Waals surface area contributed by atoms with E-state index in [4.69, 9.17) is 0 Å². The summed E-state index contributed by atoms with van der Waals surface area (Å²) in [6.07, 6.45) is 0.925. The Morgan fingerprint density at radius 3 is 2.38 bits per heavy atom. The van der Waals surface area contributed by atoms with Gasteiger partial charge in [-0.1, -0.05) is 44.2 Å². The van der Waals surface area contributed by atoms with E-state index in [9.17, 15) is 19.2 Å². The fourth-order valence-corrected chi connectivity index (χ4v) is 4.04. The van der Waals surface area contributed by atoms with E-state index in [0.717, 1.165) is 15.8 Å². The third-order valence-corrected chi connectivity index (χ3v) is 6.22. The number of hydrogen-bond donors (Lipinski definition) is 3. The highest BCUT2D eigenvalue weighted by Gasteiger charge is 2.26. The predicted molar refractivity (Wildman–Crippen MR) is 131 cm³/mol. The van der Waals surface area contributed by atoms with Crippen molar-refractivity contribution in [3.8, 4) is 0 Å². The Morgan fingerprint density at radius 2 is 1.71 bits per heavy atom. The van der Waals surface area contributed by atoms with Crippen molar-refractivity contribution in [3.05, 3.63) is 65.2 Å². The van der Waals surface area contributed by atoms with E-state index in [2.05, 4.69) is 20.9 Å². The summed E-state index contributed by atoms with van der Waals surface area (Å²) in [6.45, 7) is 5.17. The quantitative estimate of drug-likeness (QED) is 0.386. The summed E-state index contributed by atoms with van der Waals surface area (Å²) >= 11 is 1.43. The van der Waals surface area contributed by atoms with Crippen molar-refractivity contribution in [3.63, 3.8) is 0 Å². The standard InChI is InChI=1S/C25H28N4O4S/c1-15(2)21(13-30)29-23(31)16(3)27-25(33)20(11-17-7-5-4-6-8-17)28-24(32)18-9-10-19-22(12-18)34-14-26-19/h4-10,12-16,20-21H,11H2,1-3H3,(H,27,33)(H,28,32)(H,29,31). The zero-order chi connectivity index (χ0) is 24.7. The molecule has 9 heteroatoms. The van der Waals surface area contributed by atoms with Gasteiger partial charge >= 0.3 is 0 Å². The van der Waals surface area contributed by atoms with E-state index < -0.39 is 35.8 Å². The number of aldehydes is 1. The van der Waals surface area contributed by atoms with Crippen LogP contribution in [-0.2, 0) is 20.8 Å². The molecule has 0 fully saturated rings. The lowest BCUT2D eigenvalue weighted by atomic mass is 10.0. The second kappa shape index (κ2) is 11.5. The van der Waals surface area contributed by atoms with Crippen molar-refractivity contribution in [1.82, 2.24) is 20.9 Å². The van der Waals surface area contributed by atoms with E-state index in [0.29, 0.717) is 11.8 Å². The first-order chi connectivity index (χ1) is 16.3. The van der Waals surface area contributed by atoms with Gasteiger partial charge in [-0.3, -0.25) is 14.4 Å². The summed E-state index contributed by atoms with van der Waals surface area (Å²) in [5.74, 6) is -1.44. The average Bonchev–Trinajstić information content (AvgIpc) is 3.30. The summed E-state index contributed by atoms with van der Waals surface area (Å²) < 4.78 is 0.872. The van der Waals surface area contributed by atoms with Gasteiger partial charge in [0.2, 0.25) is 11.8 Å². The fraction of sp³-hybridized carbons (Fsp3) is 0.320. The number of carbonyl (C=O) groups is 4. The van der Waals surface area contributed by atoms with Crippen molar-refractivity contribution in [2.75, 3.05) is 0 Å². The molecular formula is C25H28N4O4S. The van der Waals surface area contributed by atoms with Gasteiger partial charge in [-0.25, -0.2) is 4.98 Å². The summed E-state index contributed by atoms with van der Waals surface area (Å²) in [5.41, 5.74) is 3.78. The molecule has 34 heavy (non-hydrogen) atoms. The maximum atomic E-state index is 13.1. The summed E-state index contributed by atoms with van der Waals surface area (Å²) in [4.78, 5) is 54.0. The molecule has 0 saturated heterocycles. The molecular weight excluding hydrogens is 452 g/mol. The molecule has 3 unspecified atom stereocenters. The van der Waals surface area contributed by atoms with E-state index in [1.54, 1.807) is 23.7 Å². The van der Waals surface area contributed by atoms with Gasteiger partial charge in [-0.15, -0.1) is 11.3 Å². The largest absolute Gasteiger partial charge is 0.345 e. The Bertz CT molecular complexity index is 1160. The van der Waals surface area contributed by atoms with E-state index >= 15 is 0 Å². The molecule has 0 aliphatic heterocycles. The van der Waals surface area contributed by atoms with Crippen molar-refractivity contribution in [1.29, 1.82) is 0 Å². The molecule has 1 heterocycles. The second-order valence-electron chi connectivity index (χ2n) is 8.40. The fourth-order valence-electron chi connectivity index (χ4n) is 3.32. The van der Waals surface area contributed by atoms with Gasteiger partial charge in [0.1, 0.15) is 18.4 Å². The van der Waals surface area contributed by atoms with Crippen molar-refractivity contribution in [2.45, 2.75) is 45.3 Å². The minimum Gasteiger partial charge on any atom is -0.345 e. The van der Waals surface area contributed by atoms with Crippen LogP contribution >= 0.6 is 11.3 Å². The maximum Gasteiger partial charge on any atom is 0.251 e. The molecule has 3 N–H and O–H groups in total. The summed E-state index contributed by atoms with van der Waals surface area (Å²) in [5, 5.41) is 8.09. The molecule has 2 aromatic carbocycles. The van der Waals surface area contributed by atoms with E-state index in [1.165, 1.54) is 18.3 Å². The van der Waals surface area contributed by atoms with Gasteiger partial charge < -0.3 is 20.7 Å². The molecule has 0 aliphatic rings. The highest BCUT2D eigenvalue weighted by Crippen LogP contribution is 2.19. The molecule has 0 saturated carbocycles. The Morgan fingerprint density at radius 1 is 0.971 bits per heavy atom. The number of thiazole rings is 1. The average molecular weight is 481 g/mol. The van der Waals surface area contributed by atoms with Crippen LogP contribution in [0.15, 0.2) is 54.0 Å². The minimum atomic E-state index is -0.908. The SMILES string of the molecule is CC(NC(=O)C(Cc1ccccc1)NC(=O)c1ccc2ncsc2c1)C(=O)NC(C=O)C(C)C. The summed E-state index contributed by atoms with van der Waals surface area (Å²) in [7, 11) is 0. The monoisotopic (exact) mass is 480 g/mol. The number of aromatic nitrogens is 1. The molecule has 0 aliphatic carbocycles. The van der Waals surface area contributed by atoms with Crippen LogP contribution < -0.4 is 16.0 Å². The molecule has 3 amide bonds. The highest BCUT2D eigenvalue weighted by atomic mass is 32.1. The van der Waals surface area contributed by atoms with Crippen LogP contribution in [0.1, 0.15) is 36.7 Å². The molecule has 178 valence electrons. The third-order valence-electron chi connectivity index (χ3n) is 5.42. The number of hydrogen-bond acceptors (Lipinski definition) is 6. The Kier molecular flexibility index (Phi) is 8.48. The number of rotatable bonds is 10. The molecule has 8 nitrogen and oxygen atoms in total. The number of fused-ring (bicyclic) bond motifs is 1. The van der Waals surface area contributed by atoms with Gasteiger partial charge in [0.05, 0.1) is 21.8 Å². The zero-order valence-electron chi connectivity index (χ0n) is 19.3. The van der Waals surface area contributed by atoms with E-state index in [-0.39, 0.29) is 12.3 Å². The first-order valence-corrected chi connectivity index (χ1v) is 11.9. The van der Waals surface area contributed by atoms with Crippen LogP contribution in [0.2, 0.25) is 0 Å². The first kappa shape index (κ1) is 25.0. The Balaban J connectivity index is 1.73. The number of carbonyl (C=O) groups excluding carboxylic acids is 4. The molecule has 3 aromatic rings. The van der Waals surface area contributed by atoms with Crippen LogP contribution in [0.4, 0.5) is 0 Å². The van der Waals surface area contributed by atoms with Crippen LogP contribution in [0.5, 0.6) is 0 Å². The number of benzene rings is 2. The number of amides is 3. The lowest BCUT2D eigenvalue weighted by molar-refractivity contribution is -0.130. The van der Waals surface area contributed by atoms with Gasteiger partial charge in [-0.05, 0) is 36.6 Å². The maximum absolute atomic E-state index is 13.1. The predicted octanol–water partition coefficient (Wildman–Crippen LogP) is 2.48. The molecule has 3 rings (SSSR count). The number of nitrogens with one attached hydrogen (secondary N) is 3. The van der Waals surface area contributed by atoms with E-state index in [1.807, 2.05) is 44.2 Å². The van der Waals surface area contributed by atoms with Crippen LogP contribution in [0, 0.1) is 5.92 Å². The zero-order valence-corrected chi connectivity index (χ0v) is 20.1. The Labute approximate surface area is 202 Å². The molecule has 1 aromatic heterocycles. The molecule has 3 atom stereocenters. The molecule has 0 radical (unpaired) electrons. The smallest absolute Gasteiger partial charge is 0.251 e. The molecule has 0 bridgehead atoms. The normalized spacial score (nSPS) is 13.6. The Hall–Kier alpha value is -3.59. The third kappa shape index (κ3) is 6.48. The van der Waals surface area contributed by atoms with Crippen LogP contribution in [0.3, 0.4) is 0 Å². The van der Waals surface area contributed by atoms with Gasteiger partial charge in [0, 0.05) is 12.0 Å². The lowest BCUT2D eigenvalue weighted by Gasteiger charge is -2.23. The van der Waals surface area contributed by atoms with Crippen LogP contribution in [0.25, 0.3) is 10.2 Å². The van der Waals surface area contributed by atoms with Gasteiger partial charge in [-0.2, -0.15) is 0 Å². The van der Waals surface area contributed by atoms with Crippen molar-refractivity contribution in [2.24, 2.45) is 5.92 Å². The lowest BCUT2D eigenvalue weighted by Crippen LogP contribution is -2.55. The van der Waals surface area contributed by atoms with Crippen LogP contribution in [-0.4, -0.2) is 47.1 Å². The first-order valence-electron chi connectivity index (χ1n) is 11.0. The highest BCUT2D eigenvalue weighted by molar-refractivity contribution is 7.16. The number of nitrogens with zero attached hydrogens (tertiary/aromatic N) is 1. The van der Waals surface area contributed by atoms with Crippen molar-refractivity contribution < 1.29 is 19.2 Å². The second-order valence-corrected chi connectivity index (χ2v) is 9.28.